The van der Waals surface area contributed by atoms with E-state index in [1.807, 2.05) is 49.4 Å². The van der Waals surface area contributed by atoms with Gasteiger partial charge in [0.1, 0.15) is 0 Å². The normalized spacial score (nSPS) is 12.9. The van der Waals surface area contributed by atoms with E-state index in [9.17, 15) is 8.42 Å². The third-order valence-corrected chi connectivity index (χ3v) is 8.42. The van der Waals surface area contributed by atoms with Crippen LogP contribution in [-0.2, 0) is 27.2 Å². The lowest BCUT2D eigenvalue weighted by molar-refractivity contribution is 0.319. The molecule has 2 heterocycles. The van der Waals surface area contributed by atoms with Gasteiger partial charge in [0.25, 0.3) is 10.1 Å². The number of benzene rings is 2. The van der Waals surface area contributed by atoms with Crippen molar-refractivity contribution in [3.63, 3.8) is 0 Å². The standard InChI is InChI=1S/C28H34N2O3S2/c1-4-7-12-21-18-19-22(13-8-5-2)29-27(21)23-14-11-17-26-28(23)30(33-35(31,32)20-6-3)24-15-9-10-16-25(24)34-26/h9-11,14-19H,4-8,12-13,20H2,1-3H3. The molecular weight excluding hydrogens is 476 g/mol. The highest BCUT2D eigenvalue weighted by atomic mass is 32.2. The molecule has 1 aliphatic heterocycles. The monoisotopic (exact) mass is 510 g/mol. The van der Waals surface area contributed by atoms with Crippen LogP contribution in [0.4, 0.5) is 11.4 Å². The molecule has 0 saturated carbocycles. The second-order valence-electron chi connectivity index (χ2n) is 8.87. The first-order valence-electron chi connectivity index (χ1n) is 12.6. The van der Waals surface area contributed by atoms with Crippen molar-refractivity contribution in [3.8, 4) is 11.3 Å². The molecule has 0 amide bonds. The Morgan fingerprint density at radius 1 is 0.857 bits per heavy atom. The maximum Gasteiger partial charge on any atom is 0.288 e. The third-order valence-electron chi connectivity index (χ3n) is 6.03. The van der Waals surface area contributed by atoms with Crippen molar-refractivity contribution < 1.29 is 12.7 Å². The van der Waals surface area contributed by atoms with Gasteiger partial charge < -0.3 is 0 Å². The van der Waals surface area contributed by atoms with Crippen LogP contribution in [0.15, 0.2) is 64.4 Å². The summed E-state index contributed by atoms with van der Waals surface area (Å²) >= 11 is 1.63. The number of aromatic nitrogens is 1. The van der Waals surface area contributed by atoms with Crippen LogP contribution in [0.25, 0.3) is 11.3 Å². The van der Waals surface area contributed by atoms with E-state index in [2.05, 4.69) is 26.0 Å². The van der Waals surface area contributed by atoms with Gasteiger partial charge in [-0.3, -0.25) is 4.98 Å². The molecule has 0 spiro atoms. The molecule has 0 fully saturated rings. The summed E-state index contributed by atoms with van der Waals surface area (Å²) in [5.74, 6) is -0.0389. The van der Waals surface area contributed by atoms with Gasteiger partial charge in [-0.1, -0.05) is 75.7 Å². The van der Waals surface area contributed by atoms with Gasteiger partial charge in [-0.05, 0) is 61.9 Å². The van der Waals surface area contributed by atoms with Gasteiger partial charge in [0.15, 0.2) is 0 Å². The highest BCUT2D eigenvalue weighted by molar-refractivity contribution is 7.99. The van der Waals surface area contributed by atoms with E-state index in [0.717, 1.165) is 76.6 Å². The van der Waals surface area contributed by atoms with Crippen LogP contribution in [0.3, 0.4) is 0 Å². The molecule has 0 atom stereocenters. The predicted molar refractivity (Wildman–Crippen MR) is 145 cm³/mol. The Bertz CT molecular complexity index is 1270. The Balaban J connectivity index is 1.90. The van der Waals surface area contributed by atoms with E-state index in [-0.39, 0.29) is 5.75 Å². The zero-order valence-corrected chi connectivity index (χ0v) is 22.4. The zero-order valence-electron chi connectivity index (χ0n) is 20.8. The number of para-hydroxylation sites is 2. The second-order valence-corrected chi connectivity index (χ2v) is 11.6. The number of hydrogen-bond acceptors (Lipinski definition) is 6. The fraction of sp³-hybridized carbons (Fsp3) is 0.393. The maximum atomic E-state index is 12.9. The Morgan fingerprint density at radius 2 is 1.60 bits per heavy atom. The predicted octanol–water partition coefficient (Wildman–Crippen LogP) is 7.71. The molecule has 0 saturated heterocycles. The summed E-state index contributed by atoms with van der Waals surface area (Å²) in [4.78, 5) is 7.04. The molecular formula is C28H34N2O3S2. The summed E-state index contributed by atoms with van der Waals surface area (Å²) in [6.07, 6.45) is 6.70. The molecule has 5 nitrogen and oxygen atoms in total. The summed E-state index contributed by atoms with van der Waals surface area (Å²) in [5.41, 5.74) is 5.55. The summed E-state index contributed by atoms with van der Waals surface area (Å²) in [6.45, 7) is 6.21. The largest absolute Gasteiger partial charge is 0.288 e. The number of hydrogen-bond donors (Lipinski definition) is 0. The molecule has 4 rings (SSSR count). The molecule has 0 aliphatic carbocycles. The molecule has 0 unspecified atom stereocenters. The number of pyridine rings is 1. The number of aryl methyl sites for hydroxylation is 2. The molecule has 2 aromatic carbocycles. The highest BCUT2D eigenvalue weighted by Crippen LogP contribution is 2.52. The molecule has 1 aromatic heterocycles. The fourth-order valence-electron chi connectivity index (χ4n) is 4.26. The fourth-order valence-corrected chi connectivity index (χ4v) is 6.29. The number of nitrogens with zero attached hydrogens (tertiary/aromatic N) is 2. The first kappa shape index (κ1) is 25.7. The van der Waals surface area contributed by atoms with E-state index in [1.165, 1.54) is 10.6 Å². The minimum Gasteiger partial charge on any atom is -0.252 e. The van der Waals surface area contributed by atoms with E-state index in [4.69, 9.17) is 9.27 Å². The van der Waals surface area contributed by atoms with Crippen molar-refractivity contribution in [2.45, 2.75) is 75.5 Å². The second kappa shape index (κ2) is 11.6. The van der Waals surface area contributed by atoms with E-state index in [0.29, 0.717) is 6.42 Å². The Morgan fingerprint density at radius 3 is 2.37 bits per heavy atom. The molecule has 0 bridgehead atoms. The Labute approximate surface area is 214 Å². The van der Waals surface area contributed by atoms with Gasteiger partial charge in [-0.15, -0.1) is 4.28 Å². The van der Waals surface area contributed by atoms with Crippen molar-refractivity contribution in [2.24, 2.45) is 0 Å². The zero-order chi connectivity index (χ0) is 24.8. The lowest BCUT2D eigenvalue weighted by Gasteiger charge is -2.32. The van der Waals surface area contributed by atoms with Gasteiger partial charge in [0, 0.05) is 21.0 Å². The summed E-state index contributed by atoms with van der Waals surface area (Å²) in [6, 6.07) is 18.2. The number of unbranched alkanes of at least 4 members (excludes halogenated alkanes) is 2. The van der Waals surface area contributed by atoms with Crippen LogP contribution >= 0.6 is 11.8 Å². The summed E-state index contributed by atoms with van der Waals surface area (Å²) in [5, 5.41) is 1.52. The van der Waals surface area contributed by atoms with Gasteiger partial charge in [0.05, 0.1) is 22.8 Å². The molecule has 0 radical (unpaired) electrons. The lowest BCUT2D eigenvalue weighted by atomic mass is 9.98. The molecule has 186 valence electrons. The van der Waals surface area contributed by atoms with Crippen molar-refractivity contribution in [1.29, 1.82) is 0 Å². The van der Waals surface area contributed by atoms with Crippen molar-refractivity contribution in [1.82, 2.24) is 4.98 Å². The number of rotatable bonds is 11. The van der Waals surface area contributed by atoms with Crippen LogP contribution in [0, 0.1) is 0 Å². The van der Waals surface area contributed by atoms with Crippen LogP contribution in [0.1, 0.15) is 64.1 Å². The third kappa shape index (κ3) is 5.90. The first-order valence-corrected chi connectivity index (χ1v) is 15.0. The molecule has 7 heteroatoms. The van der Waals surface area contributed by atoms with E-state index >= 15 is 0 Å². The minimum absolute atomic E-state index is 0.0389. The van der Waals surface area contributed by atoms with Crippen LogP contribution in [0.2, 0.25) is 0 Å². The maximum absolute atomic E-state index is 12.9. The molecule has 1 aliphatic rings. The average molecular weight is 511 g/mol. The summed E-state index contributed by atoms with van der Waals surface area (Å²) in [7, 11) is -3.76. The van der Waals surface area contributed by atoms with Gasteiger partial charge >= 0.3 is 0 Å². The number of fused-ring (bicyclic) bond motifs is 2. The Kier molecular flexibility index (Phi) is 8.52. The van der Waals surface area contributed by atoms with Gasteiger partial charge in [-0.2, -0.15) is 8.42 Å². The van der Waals surface area contributed by atoms with Crippen LogP contribution in [0.5, 0.6) is 0 Å². The van der Waals surface area contributed by atoms with Crippen molar-refractivity contribution >= 4 is 33.3 Å². The smallest absolute Gasteiger partial charge is 0.252 e. The quantitative estimate of drug-likeness (QED) is 0.263. The first-order chi connectivity index (χ1) is 17.0. The van der Waals surface area contributed by atoms with Gasteiger partial charge in [-0.25, -0.2) is 5.06 Å². The molecule has 35 heavy (non-hydrogen) atoms. The highest BCUT2D eigenvalue weighted by Gasteiger charge is 2.31. The SMILES string of the molecule is CCCCc1ccc(CCCC)c(-c2cccc3c2N(OS(=O)(=O)CCC)c2ccccc2S3)n1. The topological polar surface area (TPSA) is 59.5 Å². The van der Waals surface area contributed by atoms with E-state index in [1.54, 1.807) is 11.8 Å². The average Bonchev–Trinajstić information content (AvgIpc) is 2.85. The lowest BCUT2D eigenvalue weighted by Crippen LogP contribution is -2.27. The van der Waals surface area contributed by atoms with Crippen molar-refractivity contribution in [3.05, 3.63) is 65.9 Å². The van der Waals surface area contributed by atoms with E-state index < -0.39 is 10.1 Å². The summed E-state index contributed by atoms with van der Waals surface area (Å²) < 4.78 is 31.5. The number of anilines is 2. The minimum atomic E-state index is -3.76. The molecule has 3 aromatic rings. The van der Waals surface area contributed by atoms with Gasteiger partial charge in [0.2, 0.25) is 0 Å². The van der Waals surface area contributed by atoms with Crippen LogP contribution < -0.4 is 5.06 Å². The Hall–Kier alpha value is -2.35. The van der Waals surface area contributed by atoms with Crippen molar-refractivity contribution in [2.75, 3.05) is 10.8 Å². The van der Waals surface area contributed by atoms with Crippen LogP contribution in [-0.4, -0.2) is 19.2 Å². The molecule has 0 N–H and O–H groups in total.